The molecule has 0 amide bonds. The van der Waals surface area contributed by atoms with E-state index in [1.807, 2.05) is 103 Å². The third kappa shape index (κ3) is 5.11. The number of hydrogen-bond donors (Lipinski definition) is 0. The van der Waals surface area contributed by atoms with Gasteiger partial charge in [0.2, 0.25) is 0 Å². The number of rotatable bonds is 5. The lowest BCUT2D eigenvalue weighted by Gasteiger charge is -2.33. The van der Waals surface area contributed by atoms with E-state index in [0.717, 1.165) is 100 Å². The summed E-state index contributed by atoms with van der Waals surface area (Å²) < 4.78 is 19.6. The van der Waals surface area contributed by atoms with Crippen molar-refractivity contribution in [1.29, 1.82) is 0 Å². The summed E-state index contributed by atoms with van der Waals surface area (Å²) in [5.41, 5.74) is 10.7. The lowest BCUT2D eigenvalue weighted by molar-refractivity contribution is 0.477. The first-order valence-electron chi connectivity index (χ1n) is 19.2. The zero-order chi connectivity index (χ0) is 38.2. The number of anilines is 3. The van der Waals surface area contributed by atoms with Crippen LogP contribution in [0, 0.1) is 0 Å². The molecule has 58 heavy (non-hydrogen) atoms. The van der Waals surface area contributed by atoms with Crippen LogP contribution in [-0.2, 0) is 0 Å². The van der Waals surface area contributed by atoms with Crippen LogP contribution in [0.2, 0.25) is 0 Å². The fraction of sp³-hybridized carbons (Fsp3) is 0. The van der Waals surface area contributed by atoms with Crippen molar-refractivity contribution in [2.24, 2.45) is 0 Å². The summed E-state index contributed by atoms with van der Waals surface area (Å²) in [5, 5.41) is 4.08. The molecular weight excluding hydrogens is 717 g/mol. The quantitative estimate of drug-likeness (QED) is 0.173. The van der Waals surface area contributed by atoms with Crippen molar-refractivity contribution in [1.82, 2.24) is 15.0 Å². The SMILES string of the molecule is c1ccc(-c2nc(-c3ccc4c(c3)oc3cccc(-c5ccc6c(c5)Oc5ccccc5N6c5ccccc5)c34)nc(-c3cccc4c3oc3ccccc34)n2)cc1. The van der Waals surface area contributed by atoms with Crippen LogP contribution in [0.1, 0.15) is 0 Å². The van der Waals surface area contributed by atoms with Gasteiger partial charge in [-0.25, -0.2) is 15.0 Å². The Labute approximate surface area is 332 Å². The molecule has 0 saturated heterocycles. The predicted molar refractivity (Wildman–Crippen MR) is 231 cm³/mol. The van der Waals surface area contributed by atoms with E-state index in [4.69, 9.17) is 28.5 Å². The number of para-hydroxylation sites is 5. The van der Waals surface area contributed by atoms with Crippen LogP contribution >= 0.6 is 0 Å². The highest BCUT2D eigenvalue weighted by Crippen LogP contribution is 2.52. The van der Waals surface area contributed by atoms with Gasteiger partial charge in [0.15, 0.2) is 29.0 Å². The monoisotopic (exact) mass is 746 g/mol. The molecule has 0 aliphatic carbocycles. The van der Waals surface area contributed by atoms with Gasteiger partial charge in [-0.1, -0.05) is 115 Å². The Kier molecular flexibility index (Phi) is 7.09. The number of nitrogens with zero attached hydrogens (tertiary/aromatic N) is 4. The van der Waals surface area contributed by atoms with Crippen LogP contribution in [0.15, 0.2) is 191 Å². The molecule has 1 aliphatic rings. The van der Waals surface area contributed by atoms with Gasteiger partial charge in [-0.3, -0.25) is 0 Å². The van der Waals surface area contributed by atoms with Gasteiger partial charge in [-0.05, 0) is 77.9 Å². The standard InChI is InChI=1S/C51H30N4O3/c1-3-13-31(14-4-1)49-52-50(54-51(53-49)39-20-11-19-37-36-17-7-9-22-42(36)58-48(37)39)33-25-27-38-45(30-33)57-44-24-12-18-35(47(38)44)32-26-28-41-46(29-32)56-43-23-10-8-21-40(43)55(41)34-15-5-2-6-16-34/h1-30H. The van der Waals surface area contributed by atoms with E-state index in [-0.39, 0.29) is 0 Å². The van der Waals surface area contributed by atoms with Gasteiger partial charge in [0.25, 0.3) is 0 Å². The molecule has 7 heteroatoms. The highest BCUT2D eigenvalue weighted by molar-refractivity contribution is 6.13. The molecule has 3 aromatic heterocycles. The van der Waals surface area contributed by atoms with E-state index in [1.54, 1.807) is 0 Å². The molecule has 4 heterocycles. The van der Waals surface area contributed by atoms with E-state index < -0.39 is 0 Å². The second kappa shape index (κ2) is 12.8. The summed E-state index contributed by atoms with van der Waals surface area (Å²) in [4.78, 5) is 17.4. The lowest BCUT2D eigenvalue weighted by atomic mass is 9.97. The van der Waals surface area contributed by atoms with E-state index in [0.29, 0.717) is 17.5 Å². The number of benzene rings is 8. The molecule has 0 radical (unpaired) electrons. The van der Waals surface area contributed by atoms with Crippen LogP contribution in [0.4, 0.5) is 17.1 Å². The Balaban J connectivity index is 0.985. The molecule has 0 bridgehead atoms. The summed E-state index contributed by atoms with van der Waals surface area (Å²) in [6.45, 7) is 0. The molecule has 12 rings (SSSR count). The summed E-state index contributed by atoms with van der Waals surface area (Å²) in [6.07, 6.45) is 0. The van der Waals surface area contributed by atoms with Crippen molar-refractivity contribution in [2.75, 3.05) is 4.90 Å². The van der Waals surface area contributed by atoms with Crippen molar-refractivity contribution in [3.8, 4) is 56.8 Å². The van der Waals surface area contributed by atoms with Crippen LogP contribution in [-0.4, -0.2) is 15.0 Å². The molecule has 7 nitrogen and oxygen atoms in total. The second-order valence-corrected chi connectivity index (χ2v) is 14.4. The number of hydrogen-bond acceptors (Lipinski definition) is 7. The Morgan fingerprint density at radius 3 is 1.95 bits per heavy atom. The van der Waals surface area contributed by atoms with Gasteiger partial charge in [0.1, 0.15) is 22.3 Å². The molecule has 0 saturated carbocycles. The summed E-state index contributed by atoms with van der Waals surface area (Å²) in [7, 11) is 0. The van der Waals surface area contributed by atoms with Crippen molar-refractivity contribution in [2.45, 2.75) is 0 Å². The molecule has 11 aromatic rings. The highest BCUT2D eigenvalue weighted by Gasteiger charge is 2.27. The highest BCUT2D eigenvalue weighted by atomic mass is 16.5. The summed E-state index contributed by atoms with van der Waals surface area (Å²) >= 11 is 0. The van der Waals surface area contributed by atoms with Crippen LogP contribution in [0.5, 0.6) is 11.5 Å². The number of furan rings is 2. The molecule has 0 spiro atoms. The summed E-state index contributed by atoms with van der Waals surface area (Å²) in [5.74, 6) is 3.23. The van der Waals surface area contributed by atoms with Gasteiger partial charge < -0.3 is 18.5 Å². The largest absolute Gasteiger partial charge is 0.456 e. The average Bonchev–Trinajstić information content (AvgIpc) is 3.87. The smallest absolute Gasteiger partial charge is 0.167 e. The fourth-order valence-electron chi connectivity index (χ4n) is 8.25. The second-order valence-electron chi connectivity index (χ2n) is 14.4. The normalized spacial score (nSPS) is 12.2. The Morgan fingerprint density at radius 2 is 1.05 bits per heavy atom. The third-order valence-corrected chi connectivity index (χ3v) is 10.9. The van der Waals surface area contributed by atoms with Crippen LogP contribution < -0.4 is 9.64 Å². The first-order chi connectivity index (χ1) is 28.7. The molecule has 1 aliphatic heterocycles. The minimum atomic E-state index is 0.531. The fourth-order valence-corrected chi connectivity index (χ4v) is 8.25. The first kappa shape index (κ1) is 32.2. The minimum absolute atomic E-state index is 0.531. The number of fused-ring (bicyclic) bond motifs is 8. The maximum absolute atomic E-state index is 6.61. The number of aromatic nitrogens is 3. The van der Waals surface area contributed by atoms with Crippen molar-refractivity contribution >= 4 is 60.9 Å². The predicted octanol–water partition coefficient (Wildman–Crippen LogP) is 13.9. The third-order valence-electron chi connectivity index (χ3n) is 10.9. The van der Waals surface area contributed by atoms with Crippen LogP contribution in [0.25, 0.3) is 89.2 Å². The summed E-state index contributed by atoms with van der Waals surface area (Å²) in [6, 6.07) is 61.5. The molecule has 0 atom stereocenters. The number of ether oxygens (including phenoxy) is 1. The molecule has 272 valence electrons. The molecule has 0 fully saturated rings. The van der Waals surface area contributed by atoms with Crippen LogP contribution in [0.3, 0.4) is 0 Å². The first-order valence-corrected chi connectivity index (χ1v) is 19.2. The Bertz CT molecular complexity index is 3390. The van der Waals surface area contributed by atoms with Gasteiger partial charge in [0.05, 0.1) is 16.9 Å². The average molecular weight is 747 g/mol. The Hall–Kier alpha value is -8.03. The minimum Gasteiger partial charge on any atom is -0.456 e. The van der Waals surface area contributed by atoms with Gasteiger partial charge in [-0.2, -0.15) is 0 Å². The molecular formula is C51H30N4O3. The zero-order valence-corrected chi connectivity index (χ0v) is 30.8. The van der Waals surface area contributed by atoms with Crippen molar-refractivity contribution in [3.63, 3.8) is 0 Å². The van der Waals surface area contributed by atoms with Gasteiger partial charge in [0, 0.05) is 38.4 Å². The molecule has 0 N–H and O–H groups in total. The van der Waals surface area contributed by atoms with E-state index in [1.165, 1.54) is 0 Å². The lowest BCUT2D eigenvalue weighted by Crippen LogP contribution is -2.15. The maximum atomic E-state index is 6.61. The topological polar surface area (TPSA) is 77.4 Å². The van der Waals surface area contributed by atoms with E-state index in [9.17, 15) is 0 Å². The van der Waals surface area contributed by atoms with Gasteiger partial charge >= 0.3 is 0 Å². The van der Waals surface area contributed by atoms with E-state index in [2.05, 4.69) is 83.8 Å². The molecule has 0 unspecified atom stereocenters. The zero-order valence-electron chi connectivity index (χ0n) is 30.8. The van der Waals surface area contributed by atoms with Gasteiger partial charge in [-0.15, -0.1) is 0 Å². The molecule has 8 aromatic carbocycles. The van der Waals surface area contributed by atoms with E-state index >= 15 is 0 Å². The van der Waals surface area contributed by atoms with Crippen molar-refractivity contribution < 1.29 is 13.6 Å². The van der Waals surface area contributed by atoms with Crippen molar-refractivity contribution in [3.05, 3.63) is 182 Å². The maximum Gasteiger partial charge on any atom is 0.167 e. The Morgan fingerprint density at radius 1 is 0.379 bits per heavy atom.